The Balaban J connectivity index is 1.76. The Kier molecular flexibility index (Phi) is 10.0. The first-order valence-corrected chi connectivity index (χ1v) is 12.6. The van der Waals surface area contributed by atoms with Crippen LogP contribution in [0.4, 0.5) is 0 Å². The first-order chi connectivity index (χ1) is 18.2. The number of aromatic amines is 1. The second kappa shape index (κ2) is 13.4. The van der Waals surface area contributed by atoms with E-state index in [2.05, 4.69) is 20.9 Å². The van der Waals surface area contributed by atoms with E-state index in [0.29, 0.717) is 6.42 Å². The number of H-pyrrole nitrogens is 1. The average molecular weight is 522 g/mol. The summed E-state index contributed by atoms with van der Waals surface area (Å²) in [6, 6.07) is 14.0. The smallest absolute Gasteiger partial charge is 0.322 e. The fourth-order valence-corrected chi connectivity index (χ4v) is 4.20. The minimum absolute atomic E-state index is 0.183. The highest BCUT2D eigenvalue weighted by Crippen LogP contribution is 2.19. The molecule has 1 aromatic heterocycles. The zero-order chi connectivity index (χ0) is 27.7. The second-order valence-electron chi connectivity index (χ2n) is 9.40. The van der Waals surface area contributed by atoms with Gasteiger partial charge in [0, 0.05) is 23.5 Å². The minimum atomic E-state index is -1.19. The lowest BCUT2D eigenvalue weighted by atomic mass is 9.97. The number of nitrogens with two attached hydrogens (primary N) is 1. The number of para-hydroxylation sites is 1. The summed E-state index contributed by atoms with van der Waals surface area (Å²) in [6.07, 6.45) is 2.83. The van der Waals surface area contributed by atoms with Crippen LogP contribution >= 0.6 is 0 Å². The van der Waals surface area contributed by atoms with E-state index in [1.54, 1.807) is 6.92 Å². The van der Waals surface area contributed by atoms with Gasteiger partial charge in [-0.15, -0.1) is 0 Å². The zero-order valence-electron chi connectivity index (χ0n) is 21.6. The molecule has 0 saturated heterocycles. The first-order valence-electron chi connectivity index (χ1n) is 12.6. The summed E-state index contributed by atoms with van der Waals surface area (Å²) >= 11 is 0. The van der Waals surface area contributed by atoms with Gasteiger partial charge in [0.05, 0.1) is 6.04 Å². The lowest BCUT2D eigenvalue weighted by Gasteiger charge is -2.27. The van der Waals surface area contributed by atoms with Crippen LogP contribution in [-0.2, 0) is 32.0 Å². The standard InChI is InChI=1S/C28H35N5O5/c1-3-17(2)25(28(38)31-16-24(34)35)33-27(37)23(13-18-9-5-4-6-10-18)32-26(36)21(29)14-19-15-30-22-12-8-7-11-20(19)22/h4-12,15,17,21,23,25,30H,3,13-14,16,29H2,1-2H3,(H,31,38)(H,32,36)(H,33,37)(H,34,35). The van der Waals surface area contributed by atoms with Crippen LogP contribution in [0.1, 0.15) is 31.4 Å². The summed E-state index contributed by atoms with van der Waals surface area (Å²) < 4.78 is 0. The molecule has 7 N–H and O–H groups in total. The van der Waals surface area contributed by atoms with Crippen molar-refractivity contribution in [3.8, 4) is 0 Å². The van der Waals surface area contributed by atoms with Crippen LogP contribution in [0.3, 0.4) is 0 Å². The molecule has 1 heterocycles. The molecule has 0 bridgehead atoms. The van der Waals surface area contributed by atoms with Crippen molar-refractivity contribution in [2.75, 3.05) is 6.54 Å². The van der Waals surface area contributed by atoms with Crippen molar-refractivity contribution in [1.82, 2.24) is 20.9 Å². The lowest BCUT2D eigenvalue weighted by molar-refractivity contribution is -0.139. The molecule has 3 rings (SSSR count). The Morgan fingerprint density at radius 3 is 2.29 bits per heavy atom. The van der Waals surface area contributed by atoms with E-state index in [1.165, 1.54) is 0 Å². The molecule has 0 aliphatic heterocycles. The molecule has 4 unspecified atom stereocenters. The van der Waals surface area contributed by atoms with E-state index >= 15 is 0 Å². The van der Waals surface area contributed by atoms with Gasteiger partial charge in [0.1, 0.15) is 18.6 Å². The van der Waals surface area contributed by atoms with Crippen LogP contribution in [0.2, 0.25) is 0 Å². The number of amides is 3. The van der Waals surface area contributed by atoms with Gasteiger partial charge in [-0.1, -0.05) is 68.8 Å². The van der Waals surface area contributed by atoms with Crippen LogP contribution in [0.15, 0.2) is 60.8 Å². The maximum atomic E-state index is 13.4. The van der Waals surface area contributed by atoms with Crippen molar-refractivity contribution in [2.24, 2.45) is 11.7 Å². The van der Waals surface area contributed by atoms with Crippen LogP contribution in [0.5, 0.6) is 0 Å². The Hall–Kier alpha value is -4.18. The fraction of sp³-hybridized carbons (Fsp3) is 0.357. The van der Waals surface area contributed by atoms with Crippen molar-refractivity contribution >= 4 is 34.6 Å². The number of nitrogens with one attached hydrogen (secondary N) is 4. The number of benzene rings is 2. The largest absolute Gasteiger partial charge is 0.480 e. The van der Waals surface area contributed by atoms with Crippen LogP contribution in [0.25, 0.3) is 10.9 Å². The van der Waals surface area contributed by atoms with Gasteiger partial charge in [-0.25, -0.2) is 0 Å². The Bertz CT molecular complexity index is 1260. The van der Waals surface area contributed by atoms with Crippen LogP contribution < -0.4 is 21.7 Å². The molecule has 10 nitrogen and oxygen atoms in total. The molecule has 202 valence electrons. The summed E-state index contributed by atoms with van der Waals surface area (Å²) in [5, 5.41) is 17.7. The highest BCUT2D eigenvalue weighted by molar-refractivity contribution is 5.94. The molecule has 2 aromatic carbocycles. The molecule has 3 aromatic rings. The lowest BCUT2D eigenvalue weighted by Crippen LogP contribution is -2.58. The predicted octanol–water partition coefficient (Wildman–Crippen LogP) is 1.50. The normalized spacial score (nSPS) is 14.2. The fourth-order valence-electron chi connectivity index (χ4n) is 4.20. The SMILES string of the molecule is CCC(C)C(NC(=O)C(Cc1ccccc1)NC(=O)C(N)Cc1c[nH]c2ccccc12)C(=O)NCC(=O)O. The molecular weight excluding hydrogens is 486 g/mol. The summed E-state index contributed by atoms with van der Waals surface area (Å²) in [5.74, 6) is -3.12. The molecule has 4 atom stereocenters. The second-order valence-corrected chi connectivity index (χ2v) is 9.40. The van der Waals surface area contributed by atoms with E-state index in [4.69, 9.17) is 10.8 Å². The van der Waals surface area contributed by atoms with Gasteiger partial charge in [-0.2, -0.15) is 0 Å². The van der Waals surface area contributed by atoms with Gasteiger partial charge in [0.15, 0.2) is 0 Å². The highest BCUT2D eigenvalue weighted by Gasteiger charge is 2.31. The molecule has 0 aliphatic rings. The number of carboxylic acids is 1. The van der Waals surface area contributed by atoms with Crippen molar-refractivity contribution in [1.29, 1.82) is 0 Å². The third kappa shape index (κ3) is 7.66. The first kappa shape index (κ1) is 28.4. The number of carboxylic acid groups (broad SMARTS) is 1. The highest BCUT2D eigenvalue weighted by atomic mass is 16.4. The van der Waals surface area contributed by atoms with E-state index in [9.17, 15) is 19.2 Å². The van der Waals surface area contributed by atoms with E-state index in [0.717, 1.165) is 22.0 Å². The average Bonchev–Trinajstić information content (AvgIpc) is 3.32. The predicted molar refractivity (Wildman–Crippen MR) is 144 cm³/mol. The van der Waals surface area contributed by atoms with E-state index in [-0.39, 0.29) is 18.8 Å². The third-order valence-corrected chi connectivity index (χ3v) is 6.57. The van der Waals surface area contributed by atoms with Crippen molar-refractivity contribution in [3.63, 3.8) is 0 Å². The quantitative estimate of drug-likeness (QED) is 0.199. The molecule has 0 radical (unpaired) electrons. The summed E-state index contributed by atoms with van der Waals surface area (Å²) in [7, 11) is 0. The number of rotatable bonds is 13. The van der Waals surface area contributed by atoms with Crippen molar-refractivity contribution in [2.45, 2.75) is 51.2 Å². The molecule has 38 heavy (non-hydrogen) atoms. The van der Waals surface area contributed by atoms with Gasteiger partial charge in [-0.3, -0.25) is 19.2 Å². The van der Waals surface area contributed by atoms with Gasteiger partial charge >= 0.3 is 5.97 Å². The number of carbonyl (C=O) groups is 4. The number of fused-ring (bicyclic) bond motifs is 1. The molecule has 10 heteroatoms. The zero-order valence-corrected chi connectivity index (χ0v) is 21.6. The van der Waals surface area contributed by atoms with Gasteiger partial charge in [0.25, 0.3) is 0 Å². The number of carbonyl (C=O) groups excluding carboxylic acids is 3. The van der Waals surface area contributed by atoms with Crippen molar-refractivity contribution in [3.05, 3.63) is 71.9 Å². The minimum Gasteiger partial charge on any atom is -0.480 e. The topological polar surface area (TPSA) is 166 Å². The number of aliphatic carboxylic acids is 1. The maximum Gasteiger partial charge on any atom is 0.322 e. The third-order valence-electron chi connectivity index (χ3n) is 6.57. The summed E-state index contributed by atoms with van der Waals surface area (Å²) in [5.41, 5.74) is 8.89. The van der Waals surface area contributed by atoms with Gasteiger partial charge < -0.3 is 31.8 Å². The molecule has 0 spiro atoms. The maximum absolute atomic E-state index is 13.4. The van der Waals surface area contributed by atoms with Crippen LogP contribution in [0, 0.1) is 5.92 Å². The van der Waals surface area contributed by atoms with E-state index < -0.39 is 48.4 Å². The Labute approximate surface area is 221 Å². The summed E-state index contributed by atoms with van der Waals surface area (Å²) in [4.78, 5) is 53.3. The molecule has 3 amide bonds. The van der Waals surface area contributed by atoms with Gasteiger partial charge in [-0.05, 0) is 29.5 Å². The van der Waals surface area contributed by atoms with Gasteiger partial charge in [0.2, 0.25) is 17.7 Å². The molecule has 0 aliphatic carbocycles. The Morgan fingerprint density at radius 2 is 1.61 bits per heavy atom. The van der Waals surface area contributed by atoms with Crippen LogP contribution in [-0.4, -0.2) is 58.5 Å². The number of hydrogen-bond donors (Lipinski definition) is 6. The van der Waals surface area contributed by atoms with Crippen molar-refractivity contribution < 1.29 is 24.3 Å². The van der Waals surface area contributed by atoms with E-state index in [1.807, 2.05) is 67.7 Å². The Morgan fingerprint density at radius 1 is 0.921 bits per heavy atom. The number of aromatic nitrogens is 1. The molecular formula is C28H35N5O5. The molecule has 0 fully saturated rings. The molecule has 0 saturated carbocycles. The monoisotopic (exact) mass is 521 g/mol. The number of hydrogen-bond acceptors (Lipinski definition) is 5. The summed E-state index contributed by atoms with van der Waals surface area (Å²) in [6.45, 7) is 3.09.